The van der Waals surface area contributed by atoms with Crippen LogP contribution in [-0.4, -0.2) is 34.3 Å². The summed E-state index contributed by atoms with van der Waals surface area (Å²) in [5, 5.41) is 4.05. The SMILES string of the molecule is C/C(=N\NC(=S)S)c1ccc(O[C@H]2CCOC2)cn1. The van der Waals surface area contributed by atoms with E-state index in [-0.39, 0.29) is 6.10 Å². The molecular formula is C12H15N3O2S2. The lowest BCUT2D eigenvalue weighted by Gasteiger charge is -2.11. The third-order valence-corrected chi connectivity index (χ3v) is 2.81. The minimum Gasteiger partial charge on any atom is -0.486 e. The Morgan fingerprint density at radius 1 is 1.63 bits per heavy atom. The average Bonchev–Trinajstić information content (AvgIpc) is 2.89. The number of hydrazone groups is 1. The topological polar surface area (TPSA) is 55.7 Å². The van der Waals surface area contributed by atoms with Gasteiger partial charge < -0.3 is 9.47 Å². The first kappa shape index (κ1) is 14.2. The highest BCUT2D eigenvalue weighted by atomic mass is 32.1. The molecular weight excluding hydrogens is 282 g/mol. The second-order valence-electron chi connectivity index (χ2n) is 4.10. The fourth-order valence-corrected chi connectivity index (χ4v) is 1.75. The number of nitrogens with zero attached hydrogens (tertiary/aromatic N) is 2. The minimum absolute atomic E-state index is 0.130. The highest BCUT2D eigenvalue weighted by Crippen LogP contribution is 2.16. The van der Waals surface area contributed by atoms with Gasteiger partial charge in [0, 0.05) is 6.42 Å². The van der Waals surface area contributed by atoms with Gasteiger partial charge in [-0.2, -0.15) is 5.10 Å². The van der Waals surface area contributed by atoms with Crippen LogP contribution in [0.1, 0.15) is 19.0 Å². The van der Waals surface area contributed by atoms with Crippen molar-refractivity contribution < 1.29 is 9.47 Å². The van der Waals surface area contributed by atoms with Crippen molar-refractivity contribution in [2.45, 2.75) is 19.4 Å². The van der Waals surface area contributed by atoms with Crippen molar-refractivity contribution >= 4 is 34.9 Å². The molecule has 1 saturated heterocycles. The molecule has 1 atom stereocenters. The van der Waals surface area contributed by atoms with Gasteiger partial charge in [0.25, 0.3) is 0 Å². The third-order valence-electron chi connectivity index (χ3n) is 2.62. The predicted octanol–water partition coefficient (Wildman–Crippen LogP) is 1.78. The van der Waals surface area contributed by atoms with Gasteiger partial charge in [-0.25, -0.2) is 0 Å². The molecule has 0 amide bonds. The number of rotatable bonds is 4. The summed E-state index contributed by atoms with van der Waals surface area (Å²) >= 11 is 8.69. The zero-order valence-corrected chi connectivity index (χ0v) is 12.2. The molecule has 0 saturated carbocycles. The summed E-state index contributed by atoms with van der Waals surface area (Å²) in [5.74, 6) is 0.740. The summed E-state index contributed by atoms with van der Waals surface area (Å²) in [5.41, 5.74) is 4.10. The molecule has 0 radical (unpaired) electrons. The first-order valence-electron chi connectivity index (χ1n) is 5.89. The average molecular weight is 297 g/mol. The Kier molecular flexibility index (Phi) is 5.12. The van der Waals surface area contributed by atoms with Gasteiger partial charge >= 0.3 is 0 Å². The Balaban J connectivity index is 1.97. The quantitative estimate of drug-likeness (QED) is 0.384. The molecule has 0 aromatic carbocycles. The molecule has 0 aliphatic carbocycles. The number of aromatic nitrogens is 1. The van der Waals surface area contributed by atoms with Gasteiger partial charge in [-0.1, -0.05) is 12.2 Å². The van der Waals surface area contributed by atoms with Crippen LogP contribution in [0.4, 0.5) is 0 Å². The van der Waals surface area contributed by atoms with Crippen LogP contribution in [0.15, 0.2) is 23.4 Å². The van der Waals surface area contributed by atoms with Crippen LogP contribution in [0.25, 0.3) is 0 Å². The number of hydrogen-bond acceptors (Lipinski definition) is 5. The maximum atomic E-state index is 5.73. The molecule has 102 valence electrons. The van der Waals surface area contributed by atoms with E-state index in [4.69, 9.17) is 21.7 Å². The molecule has 1 aromatic heterocycles. The Bertz CT molecular complexity index is 470. The van der Waals surface area contributed by atoms with E-state index in [0.29, 0.717) is 10.9 Å². The molecule has 19 heavy (non-hydrogen) atoms. The molecule has 5 nitrogen and oxygen atoms in total. The summed E-state index contributed by atoms with van der Waals surface area (Å²) in [7, 11) is 0. The molecule has 1 aromatic rings. The van der Waals surface area contributed by atoms with E-state index in [9.17, 15) is 0 Å². The molecule has 7 heteroatoms. The lowest BCUT2D eigenvalue weighted by atomic mass is 10.2. The van der Waals surface area contributed by atoms with Crippen LogP contribution in [0.5, 0.6) is 5.75 Å². The number of ether oxygens (including phenoxy) is 2. The largest absolute Gasteiger partial charge is 0.486 e. The molecule has 1 aliphatic heterocycles. The van der Waals surface area contributed by atoms with E-state index < -0.39 is 0 Å². The Labute approximate surface area is 122 Å². The maximum Gasteiger partial charge on any atom is 0.150 e. The highest BCUT2D eigenvalue weighted by molar-refractivity contribution is 8.11. The van der Waals surface area contributed by atoms with Crippen LogP contribution in [0, 0.1) is 0 Å². The molecule has 2 heterocycles. The van der Waals surface area contributed by atoms with Crippen molar-refractivity contribution in [3.05, 3.63) is 24.0 Å². The molecule has 0 bridgehead atoms. The molecule has 0 spiro atoms. The number of thiol groups is 1. The molecule has 1 fully saturated rings. The van der Waals surface area contributed by atoms with Crippen LogP contribution < -0.4 is 10.2 Å². The van der Waals surface area contributed by atoms with Crippen molar-refractivity contribution in [1.82, 2.24) is 10.4 Å². The lowest BCUT2D eigenvalue weighted by Crippen LogP contribution is -2.16. The zero-order valence-electron chi connectivity index (χ0n) is 10.5. The number of hydrogen-bond donors (Lipinski definition) is 2. The van der Waals surface area contributed by atoms with Gasteiger partial charge in [-0.3, -0.25) is 10.4 Å². The summed E-state index contributed by atoms with van der Waals surface area (Å²) < 4.78 is 11.3. The standard InChI is InChI=1S/C12H15N3O2S2/c1-8(14-15-12(18)19)11-3-2-9(6-13-11)17-10-4-5-16-7-10/h2-3,6,10H,4-5,7H2,1H3,(H2,15,18,19)/b14-8+/t10-/m0/s1. The van der Waals surface area contributed by atoms with Gasteiger partial charge in [-0.05, 0) is 19.1 Å². The molecule has 0 unspecified atom stereocenters. The van der Waals surface area contributed by atoms with Gasteiger partial charge in [-0.15, -0.1) is 12.6 Å². The predicted molar refractivity (Wildman–Crippen MR) is 81.0 cm³/mol. The van der Waals surface area contributed by atoms with E-state index in [1.807, 2.05) is 19.1 Å². The summed E-state index contributed by atoms with van der Waals surface area (Å²) in [6, 6.07) is 3.73. The van der Waals surface area contributed by atoms with Crippen LogP contribution in [0.3, 0.4) is 0 Å². The summed E-state index contributed by atoms with van der Waals surface area (Å²) in [6.45, 7) is 3.25. The van der Waals surface area contributed by atoms with Crippen molar-refractivity contribution in [2.75, 3.05) is 13.2 Å². The molecule has 1 aliphatic rings. The van der Waals surface area contributed by atoms with Gasteiger partial charge in [0.1, 0.15) is 11.9 Å². The van der Waals surface area contributed by atoms with Crippen molar-refractivity contribution in [1.29, 1.82) is 0 Å². The van der Waals surface area contributed by atoms with Crippen LogP contribution >= 0.6 is 24.8 Å². The zero-order chi connectivity index (χ0) is 13.7. The van der Waals surface area contributed by atoms with Crippen molar-refractivity contribution in [3.8, 4) is 5.75 Å². The fraction of sp³-hybridized carbons (Fsp3) is 0.417. The second-order valence-corrected chi connectivity index (χ2v) is 5.25. The van der Waals surface area contributed by atoms with Gasteiger partial charge in [0.15, 0.2) is 4.32 Å². The van der Waals surface area contributed by atoms with E-state index in [0.717, 1.165) is 30.2 Å². The second kappa shape index (κ2) is 6.83. The Morgan fingerprint density at radius 2 is 2.47 bits per heavy atom. The number of pyridine rings is 1. The normalized spacial score (nSPS) is 19.3. The van der Waals surface area contributed by atoms with E-state index in [1.165, 1.54) is 0 Å². The van der Waals surface area contributed by atoms with Crippen molar-refractivity contribution in [3.63, 3.8) is 0 Å². The van der Waals surface area contributed by atoms with E-state index in [1.54, 1.807) is 6.20 Å². The smallest absolute Gasteiger partial charge is 0.150 e. The Morgan fingerprint density at radius 3 is 3.05 bits per heavy atom. The fourth-order valence-electron chi connectivity index (χ4n) is 1.65. The maximum absolute atomic E-state index is 5.73. The number of nitrogens with one attached hydrogen (secondary N) is 1. The lowest BCUT2D eigenvalue weighted by molar-refractivity contribution is 0.141. The first-order valence-corrected chi connectivity index (χ1v) is 6.75. The highest BCUT2D eigenvalue weighted by Gasteiger charge is 2.17. The van der Waals surface area contributed by atoms with Crippen LogP contribution in [-0.2, 0) is 4.74 Å². The van der Waals surface area contributed by atoms with Gasteiger partial charge in [0.2, 0.25) is 0 Å². The van der Waals surface area contributed by atoms with Crippen LogP contribution in [0.2, 0.25) is 0 Å². The molecule has 2 rings (SSSR count). The molecule has 1 N–H and O–H groups in total. The number of thiocarbonyl (C=S) groups is 1. The van der Waals surface area contributed by atoms with E-state index >= 15 is 0 Å². The summed E-state index contributed by atoms with van der Waals surface area (Å²) in [6.07, 6.45) is 2.74. The van der Waals surface area contributed by atoms with Gasteiger partial charge in [0.05, 0.1) is 30.8 Å². The first-order chi connectivity index (χ1) is 9.15. The van der Waals surface area contributed by atoms with Crippen molar-refractivity contribution in [2.24, 2.45) is 5.10 Å². The summed E-state index contributed by atoms with van der Waals surface area (Å²) in [4.78, 5) is 4.29. The third kappa shape index (κ3) is 4.45. The Hall–Kier alpha value is -1.18. The minimum atomic E-state index is 0.130. The monoisotopic (exact) mass is 297 g/mol. The van der Waals surface area contributed by atoms with E-state index in [2.05, 4.69) is 28.1 Å².